The molecule has 8 rings (SSSR count). The maximum atomic E-state index is 11.5. The molecule has 4 aliphatic carbocycles. The summed E-state index contributed by atoms with van der Waals surface area (Å²) in [5, 5.41) is 54.2. The minimum atomic E-state index is -0.693. The maximum Gasteiger partial charge on any atom is 0.150 e. The first-order valence-corrected chi connectivity index (χ1v) is 17.8. The Morgan fingerprint density at radius 2 is 1.63 bits per heavy atom. The molecule has 2 fully saturated rings. The van der Waals surface area contributed by atoms with E-state index >= 15 is 0 Å². The summed E-state index contributed by atoms with van der Waals surface area (Å²) in [6.45, 7) is 0. The number of phenolic OH excluding ortho intramolecular Hbond substituents is 2. The second-order valence-corrected chi connectivity index (χ2v) is 14.4. The lowest BCUT2D eigenvalue weighted by molar-refractivity contribution is 0.0215. The van der Waals surface area contributed by atoms with Crippen LogP contribution < -0.4 is 0 Å². The van der Waals surface area contributed by atoms with Crippen LogP contribution in [0.2, 0.25) is 0 Å². The molecule has 0 saturated carbocycles. The van der Waals surface area contributed by atoms with Gasteiger partial charge in [0.1, 0.15) is 17.8 Å². The van der Waals surface area contributed by atoms with E-state index in [2.05, 4.69) is 24.3 Å². The van der Waals surface area contributed by atoms with Crippen molar-refractivity contribution in [1.29, 1.82) is 0 Å². The number of carbonyl (C=O) groups is 1. The third kappa shape index (κ3) is 6.49. The zero-order valence-electron chi connectivity index (χ0n) is 28.0. The zero-order chi connectivity index (χ0) is 35.2. The van der Waals surface area contributed by atoms with Crippen molar-refractivity contribution in [2.75, 3.05) is 0 Å². The molecule has 2 saturated heterocycles. The van der Waals surface area contributed by atoms with Gasteiger partial charge in [-0.2, -0.15) is 0 Å². The molecule has 2 heterocycles. The molecule has 51 heavy (non-hydrogen) atoms. The van der Waals surface area contributed by atoms with E-state index in [0.29, 0.717) is 24.0 Å². The molecule has 8 nitrogen and oxygen atoms in total. The fourth-order valence-electron chi connectivity index (χ4n) is 8.87. The van der Waals surface area contributed by atoms with E-state index < -0.39 is 36.4 Å². The number of phenols is 2. The van der Waals surface area contributed by atoms with Crippen LogP contribution in [0.1, 0.15) is 59.2 Å². The minimum Gasteiger partial charge on any atom is -0.512 e. The van der Waals surface area contributed by atoms with Crippen LogP contribution in [-0.4, -0.2) is 62.3 Å². The van der Waals surface area contributed by atoms with Gasteiger partial charge in [0, 0.05) is 42.2 Å². The van der Waals surface area contributed by atoms with Crippen LogP contribution in [0.4, 0.5) is 0 Å². The number of aliphatic hydroxyl groups excluding tert-OH is 3. The first-order valence-electron chi connectivity index (χ1n) is 17.8. The van der Waals surface area contributed by atoms with Gasteiger partial charge in [0.15, 0.2) is 0 Å². The van der Waals surface area contributed by atoms with Gasteiger partial charge in [0.2, 0.25) is 0 Å². The Balaban J connectivity index is 1.31. The molecule has 0 amide bonds. The molecule has 10 atom stereocenters. The summed E-state index contributed by atoms with van der Waals surface area (Å²) in [7, 11) is 0. The van der Waals surface area contributed by atoms with Crippen LogP contribution in [0.3, 0.4) is 0 Å². The Morgan fingerprint density at radius 1 is 0.824 bits per heavy atom. The maximum absolute atomic E-state index is 11.5. The van der Waals surface area contributed by atoms with Crippen LogP contribution in [0, 0.1) is 17.8 Å². The molecule has 7 unspecified atom stereocenters. The lowest BCUT2D eigenvalue weighted by atomic mass is 9.67. The predicted molar refractivity (Wildman–Crippen MR) is 192 cm³/mol. The molecule has 0 bridgehead atoms. The van der Waals surface area contributed by atoms with Gasteiger partial charge in [0.05, 0.1) is 42.4 Å². The molecule has 262 valence electrons. The Labute approximate surface area is 297 Å². The fraction of sp³-hybridized carbons (Fsp3) is 0.326. The third-order valence-electron chi connectivity index (χ3n) is 11.1. The third-order valence-corrected chi connectivity index (χ3v) is 11.1. The highest BCUT2D eigenvalue weighted by Gasteiger charge is 2.54. The second-order valence-electron chi connectivity index (χ2n) is 14.4. The van der Waals surface area contributed by atoms with Crippen LogP contribution in [-0.2, 0) is 9.47 Å². The summed E-state index contributed by atoms with van der Waals surface area (Å²) in [4.78, 5) is 11.5. The van der Waals surface area contributed by atoms with E-state index in [-0.39, 0.29) is 47.5 Å². The number of rotatable bonds is 7. The molecule has 0 spiro atoms. The van der Waals surface area contributed by atoms with Crippen LogP contribution >= 0.6 is 0 Å². The van der Waals surface area contributed by atoms with E-state index in [1.165, 1.54) is 6.07 Å². The number of carbonyl (C=O) groups excluding carboxylic acids is 1. The zero-order valence-corrected chi connectivity index (χ0v) is 28.0. The van der Waals surface area contributed by atoms with Crippen molar-refractivity contribution in [3.63, 3.8) is 0 Å². The van der Waals surface area contributed by atoms with Gasteiger partial charge in [-0.05, 0) is 70.4 Å². The van der Waals surface area contributed by atoms with Gasteiger partial charge in [-0.3, -0.25) is 4.79 Å². The second kappa shape index (κ2) is 13.8. The van der Waals surface area contributed by atoms with Crippen LogP contribution in [0.15, 0.2) is 137 Å². The highest BCUT2D eigenvalue weighted by Crippen LogP contribution is 2.58. The highest BCUT2D eigenvalue weighted by molar-refractivity contribution is 5.74. The molecule has 2 aromatic rings. The van der Waals surface area contributed by atoms with Gasteiger partial charge < -0.3 is 35.0 Å². The smallest absolute Gasteiger partial charge is 0.150 e. The van der Waals surface area contributed by atoms with E-state index in [1.54, 1.807) is 30.3 Å². The summed E-state index contributed by atoms with van der Waals surface area (Å²) < 4.78 is 13.8. The minimum absolute atomic E-state index is 0.0821. The van der Waals surface area contributed by atoms with Crippen molar-refractivity contribution in [2.24, 2.45) is 17.8 Å². The molecule has 5 N–H and O–H groups in total. The largest absolute Gasteiger partial charge is 0.512 e. The summed E-state index contributed by atoms with van der Waals surface area (Å²) >= 11 is 0. The molecule has 2 aromatic carbocycles. The lowest BCUT2D eigenvalue weighted by Crippen LogP contribution is -2.33. The summed E-state index contributed by atoms with van der Waals surface area (Å²) in [5.74, 6) is -0.744. The van der Waals surface area contributed by atoms with E-state index in [4.69, 9.17) is 9.47 Å². The number of allylic oxidation sites excluding steroid dienone is 7. The Bertz CT molecular complexity index is 1920. The molecule has 6 aliphatic rings. The fourth-order valence-corrected chi connectivity index (χ4v) is 8.87. The van der Waals surface area contributed by atoms with Crippen LogP contribution in [0.25, 0.3) is 0 Å². The van der Waals surface area contributed by atoms with Crippen molar-refractivity contribution in [2.45, 2.75) is 68.2 Å². The first kappa shape index (κ1) is 33.4. The average molecular weight is 687 g/mol. The molecular weight excluding hydrogens is 644 g/mol. The predicted octanol–water partition coefficient (Wildman–Crippen LogP) is 6.90. The molecule has 2 aliphatic heterocycles. The topological polar surface area (TPSA) is 137 Å². The van der Waals surface area contributed by atoms with Crippen molar-refractivity contribution >= 4 is 6.29 Å². The van der Waals surface area contributed by atoms with Gasteiger partial charge >= 0.3 is 0 Å². The molecule has 0 aromatic heterocycles. The SMILES string of the molecule is O=Cc1ccc([C@@H]2OC3CC(O)=CC(C4C(C5=CC[C@H](O)C=C5)OC5CC(O)C=C(/C=C/C6C=CC=CC6)[C@@H]54)=C3C2c2cc(O)cc(O)c2)cc1. The van der Waals surface area contributed by atoms with Crippen LogP contribution in [0.5, 0.6) is 11.5 Å². The monoisotopic (exact) mass is 686 g/mol. The van der Waals surface area contributed by atoms with Crippen molar-refractivity contribution in [3.8, 4) is 11.5 Å². The molecule has 8 heteroatoms. The van der Waals surface area contributed by atoms with Crippen molar-refractivity contribution < 1.29 is 39.8 Å². The number of fused-ring (bicyclic) bond motifs is 2. The summed E-state index contributed by atoms with van der Waals surface area (Å²) in [5.41, 5.74) is 5.67. The lowest BCUT2D eigenvalue weighted by Gasteiger charge is -2.35. The summed E-state index contributed by atoms with van der Waals surface area (Å²) in [6.07, 6.45) is 21.8. The Kier molecular flexibility index (Phi) is 9.02. The summed E-state index contributed by atoms with van der Waals surface area (Å²) in [6, 6.07) is 11.8. The standard InChI is InChI=1S/C43H42O8/c44-23-25-7-9-26(10-8-25)42-39(29-17-31(46)19-32(47)18-29)40-35(20-34(49)22-37(40)51-42)41-38-28(11-6-24-4-2-1-3-5-24)16-33(48)21-36(38)50-43(41)27-12-14-30(45)15-13-27/h1-4,6-14,16-20,23-24,30,33,36-39,41-43,45-49H,5,15,21-22H2/b11-6+/t24?,30-,33?,36?,37?,38+,39?,41?,42+,43?/m1/s1. The number of hydrogen-bond donors (Lipinski definition) is 5. The van der Waals surface area contributed by atoms with Crippen molar-refractivity contribution in [1.82, 2.24) is 0 Å². The quantitative estimate of drug-likeness (QED) is 0.199. The van der Waals surface area contributed by atoms with Gasteiger partial charge in [-0.25, -0.2) is 0 Å². The number of hydrogen-bond acceptors (Lipinski definition) is 8. The van der Waals surface area contributed by atoms with Gasteiger partial charge in [-0.1, -0.05) is 85.0 Å². The first-order chi connectivity index (χ1) is 24.7. The number of aliphatic hydroxyl groups is 3. The van der Waals surface area contributed by atoms with Gasteiger partial charge in [0.25, 0.3) is 0 Å². The normalized spacial score (nSPS) is 34.3. The number of ether oxygens (including phenoxy) is 2. The Hall–Kier alpha value is -4.73. The molecule has 0 radical (unpaired) electrons. The van der Waals surface area contributed by atoms with E-state index in [0.717, 1.165) is 40.6 Å². The van der Waals surface area contributed by atoms with E-state index in [1.807, 2.05) is 48.6 Å². The Morgan fingerprint density at radius 3 is 2.33 bits per heavy atom. The van der Waals surface area contributed by atoms with E-state index in [9.17, 15) is 30.3 Å². The van der Waals surface area contributed by atoms with Gasteiger partial charge in [-0.15, -0.1) is 0 Å². The van der Waals surface area contributed by atoms with Crippen molar-refractivity contribution in [3.05, 3.63) is 154 Å². The number of aldehydes is 1. The average Bonchev–Trinajstić information content (AvgIpc) is 3.70. The molecular formula is C43H42O8. The highest BCUT2D eigenvalue weighted by atomic mass is 16.5. The number of aromatic hydroxyl groups is 2. The number of benzene rings is 2.